The molecule has 0 saturated carbocycles. The van der Waals surface area contributed by atoms with Gasteiger partial charge in [-0.2, -0.15) is 0 Å². The van der Waals surface area contributed by atoms with E-state index in [2.05, 4.69) is 0 Å². The molecule has 0 unspecified atom stereocenters. The van der Waals surface area contributed by atoms with Gasteiger partial charge in [-0.15, -0.1) is 0 Å². The molecule has 6 heteroatoms. The fraction of sp³-hybridized carbons (Fsp3) is 0.542. The van der Waals surface area contributed by atoms with Crippen LogP contribution in [-0.2, 0) is 35.0 Å². The lowest BCUT2D eigenvalue weighted by atomic mass is 9.81. The van der Waals surface area contributed by atoms with Crippen LogP contribution in [-0.4, -0.2) is 41.1 Å². The number of benzene rings is 1. The molecule has 3 rings (SSSR count). The molecular formula is C24H30O6. The summed E-state index contributed by atoms with van der Waals surface area (Å²) < 4.78 is 16.9. The third kappa shape index (κ3) is 4.19. The molecule has 2 fully saturated rings. The maximum absolute atomic E-state index is 13.5. The van der Waals surface area contributed by atoms with Crippen molar-refractivity contribution in [1.29, 1.82) is 0 Å². The van der Waals surface area contributed by atoms with Gasteiger partial charge in [-0.05, 0) is 58.6 Å². The van der Waals surface area contributed by atoms with Crippen LogP contribution in [0.5, 0.6) is 0 Å². The highest BCUT2D eigenvalue weighted by molar-refractivity contribution is 6.18. The van der Waals surface area contributed by atoms with Crippen molar-refractivity contribution in [2.75, 3.05) is 6.61 Å². The lowest BCUT2D eigenvalue weighted by Gasteiger charge is -2.39. The number of rotatable bonds is 5. The van der Waals surface area contributed by atoms with Crippen LogP contribution in [0, 0.1) is 5.92 Å². The van der Waals surface area contributed by atoms with E-state index in [-0.39, 0.29) is 13.0 Å². The minimum absolute atomic E-state index is 0.163. The monoisotopic (exact) mass is 414 g/mol. The summed E-state index contributed by atoms with van der Waals surface area (Å²) >= 11 is 0. The molecule has 0 radical (unpaired) electrons. The number of ether oxygens (including phenoxy) is 3. The fourth-order valence-corrected chi connectivity index (χ4v) is 4.22. The van der Waals surface area contributed by atoms with Crippen molar-refractivity contribution in [3.63, 3.8) is 0 Å². The second kappa shape index (κ2) is 7.99. The number of carbonyl (C=O) groups excluding carboxylic acids is 3. The molecule has 0 aliphatic carbocycles. The van der Waals surface area contributed by atoms with E-state index >= 15 is 0 Å². The Morgan fingerprint density at radius 2 is 1.90 bits per heavy atom. The number of allylic oxidation sites excluding steroid dienone is 1. The second-order valence-corrected chi connectivity index (χ2v) is 9.20. The van der Waals surface area contributed by atoms with Gasteiger partial charge in [-0.1, -0.05) is 36.4 Å². The Balaban J connectivity index is 2.05. The van der Waals surface area contributed by atoms with Crippen LogP contribution >= 0.6 is 0 Å². The molecule has 2 aliphatic heterocycles. The average molecular weight is 414 g/mol. The second-order valence-electron chi connectivity index (χ2n) is 9.20. The molecule has 2 heterocycles. The largest absolute Gasteiger partial charge is 0.465 e. The summed E-state index contributed by atoms with van der Waals surface area (Å²) in [5, 5.41) is 0. The lowest BCUT2D eigenvalue weighted by Crippen LogP contribution is -2.59. The minimum Gasteiger partial charge on any atom is -0.465 e. The van der Waals surface area contributed by atoms with Crippen LogP contribution in [0.2, 0.25) is 0 Å². The normalized spacial score (nSPS) is 29.7. The average Bonchev–Trinajstić information content (AvgIpc) is 2.93. The maximum atomic E-state index is 13.5. The summed E-state index contributed by atoms with van der Waals surface area (Å²) in [6.07, 6.45) is 2.96. The van der Waals surface area contributed by atoms with Crippen LogP contribution in [0.15, 0.2) is 42.0 Å². The molecule has 0 amide bonds. The number of hydrogen-bond donors (Lipinski definition) is 0. The number of carbonyl (C=O) groups is 3. The van der Waals surface area contributed by atoms with Gasteiger partial charge in [-0.25, -0.2) is 4.79 Å². The third-order valence-corrected chi connectivity index (χ3v) is 5.40. The van der Waals surface area contributed by atoms with Gasteiger partial charge in [0.05, 0.1) is 12.2 Å². The van der Waals surface area contributed by atoms with Crippen LogP contribution in [0.1, 0.15) is 53.0 Å². The van der Waals surface area contributed by atoms with Crippen molar-refractivity contribution >= 4 is 17.7 Å². The molecule has 1 aromatic rings. The molecule has 162 valence electrons. The molecule has 30 heavy (non-hydrogen) atoms. The first-order valence-corrected chi connectivity index (χ1v) is 10.4. The Morgan fingerprint density at radius 1 is 1.23 bits per heavy atom. The quantitative estimate of drug-likeness (QED) is 0.416. The first kappa shape index (κ1) is 22.2. The summed E-state index contributed by atoms with van der Waals surface area (Å²) in [4.78, 5) is 39.4. The van der Waals surface area contributed by atoms with Crippen molar-refractivity contribution < 1.29 is 28.6 Å². The molecule has 0 N–H and O–H groups in total. The zero-order valence-electron chi connectivity index (χ0n) is 18.3. The van der Waals surface area contributed by atoms with Crippen molar-refractivity contribution in [1.82, 2.24) is 0 Å². The van der Waals surface area contributed by atoms with Crippen molar-refractivity contribution in [3.05, 3.63) is 47.5 Å². The topological polar surface area (TPSA) is 78.9 Å². The molecule has 2 bridgehead atoms. The van der Waals surface area contributed by atoms with Gasteiger partial charge in [0.15, 0.2) is 5.78 Å². The van der Waals surface area contributed by atoms with Crippen molar-refractivity contribution in [2.45, 2.75) is 70.7 Å². The first-order valence-electron chi connectivity index (χ1n) is 10.4. The summed E-state index contributed by atoms with van der Waals surface area (Å²) in [6.45, 7) is 8.88. The zero-order chi connectivity index (χ0) is 22.2. The molecule has 0 spiro atoms. The highest BCUT2D eigenvalue weighted by Crippen LogP contribution is 2.52. The standard InChI is InChI=1S/C24H30O6/c1-6-28-20(26)18-15-23(5)14-17(13-12-16-10-8-7-9-11-16)24(30-23,19(18)25)21(27)29-22(2,3)4/h7-11,13,18H,6,12,14-15H2,1-5H3/b17-13+/t18-,23-,24+/m1/s1. The summed E-state index contributed by atoms with van der Waals surface area (Å²) in [5.41, 5.74) is -1.95. The van der Waals surface area contributed by atoms with E-state index in [4.69, 9.17) is 14.2 Å². The Kier molecular flexibility index (Phi) is 5.92. The van der Waals surface area contributed by atoms with Gasteiger partial charge >= 0.3 is 11.9 Å². The molecule has 3 atom stereocenters. The minimum atomic E-state index is -1.91. The Bertz CT molecular complexity index is 865. The maximum Gasteiger partial charge on any atom is 0.351 e. The summed E-state index contributed by atoms with van der Waals surface area (Å²) in [5.74, 6) is -3.03. The van der Waals surface area contributed by atoms with Gasteiger partial charge in [0.2, 0.25) is 5.60 Å². The fourth-order valence-electron chi connectivity index (χ4n) is 4.22. The van der Waals surface area contributed by atoms with Crippen LogP contribution in [0.4, 0.5) is 0 Å². The molecule has 6 nitrogen and oxygen atoms in total. The predicted octanol–water partition coefficient (Wildman–Crippen LogP) is 3.57. The van der Waals surface area contributed by atoms with Crippen LogP contribution < -0.4 is 0 Å². The van der Waals surface area contributed by atoms with E-state index < -0.39 is 40.4 Å². The SMILES string of the molecule is CCOC(=O)[C@@H]1C[C@@]2(C)C/C(=C\Cc3ccccc3)[C@](C(=O)OC(C)(C)C)(O2)C1=O. The van der Waals surface area contributed by atoms with E-state index in [0.29, 0.717) is 18.4 Å². The van der Waals surface area contributed by atoms with Gasteiger partial charge in [0, 0.05) is 6.42 Å². The number of fused-ring (bicyclic) bond motifs is 2. The van der Waals surface area contributed by atoms with Gasteiger partial charge in [0.1, 0.15) is 11.5 Å². The number of hydrogen-bond acceptors (Lipinski definition) is 6. The molecule has 2 aliphatic rings. The number of esters is 2. The van der Waals surface area contributed by atoms with E-state index in [1.54, 1.807) is 27.7 Å². The Hall–Kier alpha value is -2.47. The smallest absolute Gasteiger partial charge is 0.351 e. The van der Waals surface area contributed by atoms with E-state index in [1.165, 1.54) is 0 Å². The van der Waals surface area contributed by atoms with Crippen LogP contribution in [0.3, 0.4) is 0 Å². The lowest BCUT2D eigenvalue weighted by molar-refractivity contribution is -0.201. The highest BCUT2D eigenvalue weighted by atomic mass is 16.6. The molecule has 1 aromatic carbocycles. The summed E-state index contributed by atoms with van der Waals surface area (Å²) in [7, 11) is 0. The van der Waals surface area contributed by atoms with E-state index in [1.807, 2.05) is 43.3 Å². The predicted molar refractivity (Wildman–Crippen MR) is 111 cm³/mol. The van der Waals surface area contributed by atoms with Gasteiger partial charge in [0.25, 0.3) is 0 Å². The first-order chi connectivity index (χ1) is 14.0. The van der Waals surface area contributed by atoms with Crippen molar-refractivity contribution in [3.8, 4) is 0 Å². The Labute approximate surface area is 177 Å². The summed E-state index contributed by atoms with van der Waals surface area (Å²) in [6, 6.07) is 9.75. The van der Waals surface area contributed by atoms with Gasteiger partial charge in [-0.3, -0.25) is 9.59 Å². The molecule has 2 saturated heterocycles. The zero-order valence-corrected chi connectivity index (χ0v) is 18.3. The highest BCUT2D eigenvalue weighted by Gasteiger charge is 2.68. The van der Waals surface area contributed by atoms with Crippen LogP contribution in [0.25, 0.3) is 0 Å². The molecular weight excluding hydrogens is 384 g/mol. The number of Topliss-reactive ketones (excluding diaryl/α,β-unsaturated/α-hetero) is 1. The van der Waals surface area contributed by atoms with E-state index in [9.17, 15) is 14.4 Å². The Morgan fingerprint density at radius 3 is 2.50 bits per heavy atom. The number of ketones is 1. The third-order valence-electron chi connectivity index (χ3n) is 5.40. The van der Waals surface area contributed by atoms with Gasteiger partial charge < -0.3 is 14.2 Å². The molecule has 0 aromatic heterocycles. The van der Waals surface area contributed by atoms with E-state index in [0.717, 1.165) is 5.56 Å². The van der Waals surface area contributed by atoms with Crippen molar-refractivity contribution in [2.24, 2.45) is 5.92 Å².